The average molecular weight is 389 g/mol. The third-order valence-corrected chi connectivity index (χ3v) is 4.88. The van der Waals surface area contributed by atoms with E-state index >= 15 is 0 Å². The molecule has 5 nitrogen and oxygen atoms in total. The number of nitrogens with zero attached hydrogens (tertiary/aromatic N) is 3. The van der Waals surface area contributed by atoms with Gasteiger partial charge in [-0.15, -0.1) is 0 Å². The molecule has 3 rings (SSSR count). The fraction of sp³-hybridized carbons (Fsp3) is 0.389. The lowest BCUT2D eigenvalue weighted by molar-refractivity contribution is 0.0601. The first-order valence-corrected chi connectivity index (χ1v) is 9.12. The molecule has 0 aliphatic carbocycles. The Morgan fingerprint density at radius 3 is 2.71 bits per heavy atom. The van der Waals surface area contributed by atoms with Crippen LogP contribution in [0.4, 0.5) is 11.5 Å². The molecule has 1 saturated heterocycles. The third kappa shape index (κ3) is 3.93. The van der Waals surface area contributed by atoms with Crippen LogP contribution in [0.3, 0.4) is 0 Å². The molecule has 2 heterocycles. The van der Waals surface area contributed by atoms with Crippen LogP contribution in [-0.4, -0.2) is 33.4 Å². The largest absolute Gasteiger partial charge is 0.339 e. The molecule has 1 aliphatic rings. The lowest BCUT2D eigenvalue weighted by Gasteiger charge is -2.34. The number of aromatic nitrogens is 2. The zero-order valence-corrected chi connectivity index (χ0v) is 15.3. The summed E-state index contributed by atoms with van der Waals surface area (Å²) in [6, 6.07) is 8.13. The number of halogens is 1. The van der Waals surface area contributed by atoms with Gasteiger partial charge in [0, 0.05) is 22.7 Å². The number of carbonyl (C=O) groups is 1. The van der Waals surface area contributed by atoms with Crippen molar-refractivity contribution < 1.29 is 4.79 Å². The van der Waals surface area contributed by atoms with E-state index in [9.17, 15) is 4.79 Å². The molecule has 0 spiro atoms. The van der Waals surface area contributed by atoms with E-state index in [2.05, 4.69) is 38.1 Å². The van der Waals surface area contributed by atoms with E-state index < -0.39 is 0 Å². The summed E-state index contributed by atoms with van der Waals surface area (Å²) in [7, 11) is 0. The molecule has 126 valence electrons. The molecule has 1 fully saturated rings. The second kappa shape index (κ2) is 7.75. The normalized spacial score (nSPS) is 17.6. The fourth-order valence-electron chi connectivity index (χ4n) is 3.02. The van der Waals surface area contributed by atoms with E-state index in [-0.39, 0.29) is 5.91 Å². The van der Waals surface area contributed by atoms with Gasteiger partial charge in [-0.25, -0.2) is 9.97 Å². The lowest BCUT2D eigenvalue weighted by Crippen LogP contribution is -2.43. The van der Waals surface area contributed by atoms with Crippen molar-refractivity contribution in [1.82, 2.24) is 14.9 Å². The molecule has 0 saturated carbocycles. The molecular weight excluding hydrogens is 368 g/mol. The van der Waals surface area contributed by atoms with Crippen molar-refractivity contribution in [3.8, 4) is 0 Å². The summed E-state index contributed by atoms with van der Waals surface area (Å²) in [5, 5.41) is 3.18. The van der Waals surface area contributed by atoms with Gasteiger partial charge in [-0.3, -0.25) is 4.79 Å². The fourth-order valence-corrected chi connectivity index (χ4v) is 3.29. The summed E-state index contributed by atoms with van der Waals surface area (Å²) < 4.78 is 1.02. The first-order valence-electron chi connectivity index (χ1n) is 8.33. The van der Waals surface area contributed by atoms with Crippen molar-refractivity contribution in [2.45, 2.75) is 38.6 Å². The quantitative estimate of drug-likeness (QED) is 0.843. The predicted octanol–water partition coefficient (Wildman–Crippen LogP) is 4.39. The zero-order valence-electron chi connectivity index (χ0n) is 13.7. The van der Waals surface area contributed by atoms with E-state index in [0.717, 1.165) is 36.0 Å². The van der Waals surface area contributed by atoms with E-state index in [1.165, 1.54) is 6.42 Å². The molecule has 1 amide bonds. The predicted molar refractivity (Wildman–Crippen MR) is 98.4 cm³/mol. The molecule has 2 aromatic rings. The van der Waals surface area contributed by atoms with Crippen LogP contribution >= 0.6 is 15.9 Å². The zero-order chi connectivity index (χ0) is 16.9. The Hall–Kier alpha value is -1.95. The van der Waals surface area contributed by atoms with Crippen molar-refractivity contribution in [2.75, 3.05) is 11.9 Å². The maximum Gasteiger partial charge on any atom is 0.274 e. The average Bonchev–Trinajstić information content (AvgIpc) is 2.63. The van der Waals surface area contributed by atoms with Crippen molar-refractivity contribution in [3.05, 3.63) is 46.8 Å². The minimum absolute atomic E-state index is 0.00996. The van der Waals surface area contributed by atoms with Crippen LogP contribution in [0.2, 0.25) is 0 Å². The van der Waals surface area contributed by atoms with Gasteiger partial charge < -0.3 is 10.2 Å². The number of hydrogen-bond acceptors (Lipinski definition) is 4. The number of hydrogen-bond donors (Lipinski definition) is 1. The molecular formula is C18H21BrN4O. The topological polar surface area (TPSA) is 58.1 Å². The molecule has 1 aliphatic heterocycles. The smallest absolute Gasteiger partial charge is 0.274 e. The van der Waals surface area contributed by atoms with Crippen molar-refractivity contribution in [3.63, 3.8) is 0 Å². The number of anilines is 2. The van der Waals surface area contributed by atoms with E-state index in [4.69, 9.17) is 0 Å². The SMILES string of the molecule is CCC1CCCCN1C(=O)c1cnc(Nc2ccc(Br)cc2)cn1. The lowest BCUT2D eigenvalue weighted by atomic mass is 10.00. The van der Waals surface area contributed by atoms with Crippen LogP contribution < -0.4 is 5.32 Å². The van der Waals surface area contributed by atoms with Crippen LogP contribution in [-0.2, 0) is 0 Å². The molecule has 1 aromatic carbocycles. The summed E-state index contributed by atoms with van der Waals surface area (Å²) in [6.07, 6.45) is 7.51. The third-order valence-electron chi connectivity index (χ3n) is 4.35. The highest BCUT2D eigenvalue weighted by Crippen LogP contribution is 2.22. The Morgan fingerprint density at radius 1 is 1.25 bits per heavy atom. The van der Waals surface area contributed by atoms with Crippen molar-refractivity contribution in [1.29, 1.82) is 0 Å². The van der Waals surface area contributed by atoms with Gasteiger partial charge in [-0.05, 0) is 49.9 Å². The number of piperidine rings is 1. The first kappa shape index (κ1) is 16.9. The monoisotopic (exact) mass is 388 g/mol. The highest BCUT2D eigenvalue weighted by atomic mass is 79.9. The van der Waals surface area contributed by atoms with Gasteiger partial charge in [0.25, 0.3) is 5.91 Å². The molecule has 6 heteroatoms. The van der Waals surface area contributed by atoms with E-state index in [0.29, 0.717) is 17.6 Å². The van der Waals surface area contributed by atoms with Gasteiger partial charge in [0.05, 0.1) is 12.4 Å². The van der Waals surface area contributed by atoms with Crippen LogP contribution in [0.5, 0.6) is 0 Å². The van der Waals surface area contributed by atoms with Gasteiger partial charge in [-0.2, -0.15) is 0 Å². The van der Waals surface area contributed by atoms with Crippen LogP contribution in [0.15, 0.2) is 41.1 Å². The number of amides is 1. The van der Waals surface area contributed by atoms with Gasteiger partial charge >= 0.3 is 0 Å². The molecule has 1 unspecified atom stereocenters. The Balaban J connectivity index is 1.69. The second-order valence-electron chi connectivity index (χ2n) is 5.98. The second-order valence-corrected chi connectivity index (χ2v) is 6.89. The van der Waals surface area contributed by atoms with Crippen LogP contribution in [0.1, 0.15) is 43.1 Å². The van der Waals surface area contributed by atoms with Crippen LogP contribution in [0, 0.1) is 0 Å². The Labute approximate surface area is 150 Å². The number of nitrogens with one attached hydrogen (secondary N) is 1. The molecule has 24 heavy (non-hydrogen) atoms. The van der Waals surface area contributed by atoms with Gasteiger partial charge in [0.15, 0.2) is 0 Å². The molecule has 1 atom stereocenters. The van der Waals surface area contributed by atoms with Gasteiger partial charge in [0.1, 0.15) is 11.5 Å². The number of rotatable bonds is 4. The maximum atomic E-state index is 12.7. The Kier molecular flexibility index (Phi) is 5.45. The highest BCUT2D eigenvalue weighted by molar-refractivity contribution is 9.10. The molecule has 1 aromatic heterocycles. The van der Waals surface area contributed by atoms with E-state index in [1.54, 1.807) is 12.4 Å². The van der Waals surface area contributed by atoms with Gasteiger partial charge in [-0.1, -0.05) is 22.9 Å². The minimum Gasteiger partial charge on any atom is -0.339 e. The maximum absolute atomic E-state index is 12.7. The summed E-state index contributed by atoms with van der Waals surface area (Å²) in [5.41, 5.74) is 1.34. The summed E-state index contributed by atoms with van der Waals surface area (Å²) in [4.78, 5) is 23.3. The van der Waals surface area contributed by atoms with Gasteiger partial charge in [0.2, 0.25) is 0 Å². The van der Waals surface area contributed by atoms with E-state index in [1.807, 2.05) is 29.2 Å². The summed E-state index contributed by atoms with van der Waals surface area (Å²) >= 11 is 3.41. The Morgan fingerprint density at radius 2 is 2.04 bits per heavy atom. The molecule has 0 radical (unpaired) electrons. The first-order chi connectivity index (χ1) is 11.7. The van der Waals surface area contributed by atoms with Crippen molar-refractivity contribution in [2.24, 2.45) is 0 Å². The standard InChI is InChI=1S/C18H21BrN4O/c1-2-15-5-3-4-10-23(15)18(24)16-11-21-17(12-20-16)22-14-8-6-13(19)7-9-14/h6-9,11-12,15H,2-5,10H2,1H3,(H,21,22). The number of benzene rings is 1. The van der Waals surface area contributed by atoms with Crippen molar-refractivity contribution >= 4 is 33.3 Å². The molecule has 0 bridgehead atoms. The summed E-state index contributed by atoms with van der Waals surface area (Å²) in [6.45, 7) is 2.95. The summed E-state index contributed by atoms with van der Waals surface area (Å²) in [5.74, 6) is 0.615. The highest BCUT2D eigenvalue weighted by Gasteiger charge is 2.27. The number of carbonyl (C=O) groups excluding carboxylic acids is 1. The molecule has 1 N–H and O–H groups in total. The Bertz CT molecular complexity index is 687. The van der Waals surface area contributed by atoms with Crippen LogP contribution in [0.25, 0.3) is 0 Å². The minimum atomic E-state index is -0.00996. The number of likely N-dealkylation sites (tertiary alicyclic amines) is 1.